The Kier molecular flexibility index (Phi) is 3.01. The maximum absolute atomic E-state index is 11.1. The molecule has 1 heterocycles. The van der Waals surface area contributed by atoms with E-state index < -0.39 is 5.63 Å². The summed E-state index contributed by atoms with van der Waals surface area (Å²) in [5.74, 6) is -0.713. The molecule has 0 bridgehead atoms. The third-order valence-electron chi connectivity index (χ3n) is 2.13. The van der Waals surface area contributed by atoms with Crippen molar-refractivity contribution in [3.8, 4) is 5.75 Å². The molecule has 0 spiro atoms. The van der Waals surface area contributed by atoms with Gasteiger partial charge in [-0.2, -0.15) is 0 Å². The molecule has 5 nitrogen and oxygen atoms in total. The van der Waals surface area contributed by atoms with Crippen LogP contribution < -0.4 is 10.9 Å². The van der Waals surface area contributed by atoms with Gasteiger partial charge in [0.05, 0.1) is 11.5 Å². The van der Waals surface area contributed by atoms with E-state index in [2.05, 4.69) is 5.32 Å². The van der Waals surface area contributed by atoms with Crippen molar-refractivity contribution in [3.63, 3.8) is 0 Å². The number of aromatic hydroxyl groups is 1. The van der Waals surface area contributed by atoms with Crippen molar-refractivity contribution in [1.82, 2.24) is 0 Å². The number of carbonyl (C=O) groups excluding carboxylic acids is 1. The zero-order chi connectivity index (χ0) is 12.4. The van der Waals surface area contributed by atoms with E-state index >= 15 is 0 Å². The van der Waals surface area contributed by atoms with Crippen LogP contribution >= 0.6 is 11.6 Å². The van der Waals surface area contributed by atoms with Gasteiger partial charge >= 0.3 is 5.63 Å². The fourth-order valence-electron chi connectivity index (χ4n) is 1.42. The second kappa shape index (κ2) is 4.47. The van der Waals surface area contributed by atoms with Gasteiger partial charge in [-0.05, 0) is 18.2 Å². The number of amides is 1. The molecule has 0 atom stereocenters. The van der Waals surface area contributed by atoms with Crippen LogP contribution in [0, 0.1) is 0 Å². The SMILES string of the molecule is O=C(CCl)Nc1ccc2oc(=O)cc(O)c2c1. The number of fused-ring (bicyclic) bond motifs is 1. The van der Waals surface area contributed by atoms with E-state index in [-0.39, 0.29) is 23.1 Å². The molecule has 88 valence electrons. The van der Waals surface area contributed by atoms with Gasteiger partial charge in [0.25, 0.3) is 0 Å². The lowest BCUT2D eigenvalue weighted by Gasteiger charge is -2.04. The van der Waals surface area contributed by atoms with Gasteiger partial charge < -0.3 is 14.8 Å². The monoisotopic (exact) mass is 253 g/mol. The average molecular weight is 254 g/mol. The highest BCUT2D eigenvalue weighted by molar-refractivity contribution is 6.29. The molecule has 2 rings (SSSR count). The maximum Gasteiger partial charge on any atom is 0.339 e. The largest absolute Gasteiger partial charge is 0.507 e. The van der Waals surface area contributed by atoms with E-state index in [1.165, 1.54) is 12.1 Å². The molecule has 1 amide bonds. The van der Waals surface area contributed by atoms with E-state index in [9.17, 15) is 14.7 Å². The molecule has 0 radical (unpaired) electrons. The summed E-state index contributed by atoms with van der Waals surface area (Å²) in [5, 5.41) is 12.4. The molecule has 0 saturated carbocycles. The highest BCUT2D eigenvalue weighted by Crippen LogP contribution is 2.25. The third-order valence-corrected chi connectivity index (χ3v) is 2.37. The van der Waals surface area contributed by atoms with Crippen LogP contribution in [0.15, 0.2) is 33.5 Å². The first-order chi connectivity index (χ1) is 8.10. The van der Waals surface area contributed by atoms with Crippen LogP contribution in [0.2, 0.25) is 0 Å². The number of hydrogen-bond acceptors (Lipinski definition) is 4. The average Bonchev–Trinajstić information content (AvgIpc) is 2.29. The smallest absolute Gasteiger partial charge is 0.339 e. The minimum absolute atomic E-state index is 0.159. The van der Waals surface area contributed by atoms with Gasteiger partial charge in [0, 0.05) is 5.69 Å². The molecule has 0 aliphatic rings. The molecular weight excluding hydrogens is 246 g/mol. The van der Waals surface area contributed by atoms with E-state index in [0.717, 1.165) is 6.07 Å². The standard InChI is InChI=1S/C11H8ClNO4/c12-5-10(15)13-6-1-2-9-7(3-6)8(14)4-11(16)17-9/h1-4,14H,5H2,(H,13,15). The second-order valence-electron chi connectivity index (χ2n) is 3.34. The van der Waals surface area contributed by atoms with Gasteiger partial charge in [-0.25, -0.2) is 4.79 Å². The second-order valence-corrected chi connectivity index (χ2v) is 3.61. The van der Waals surface area contributed by atoms with Crippen molar-refractivity contribution in [2.75, 3.05) is 11.2 Å². The number of carbonyl (C=O) groups is 1. The Morgan fingerprint density at radius 2 is 2.18 bits per heavy atom. The zero-order valence-electron chi connectivity index (χ0n) is 8.57. The first kappa shape index (κ1) is 11.5. The number of alkyl halides is 1. The molecular formula is C11H8ClNO4. The van der Waals surface area contributed by atoms with Crippen molar-refractivity contribution in [1.29, 1.82) is 0 Å². The van der Waals surface area contributed by atoms with Crippen molar-refractivity contribution in [3.05, 3.63) is 34.7 Å². The fourth-order valence-corrected chi connectivity index (χ4v) is 1.49. The van der Waals surface area contributed by atoms with Gasteiger partial charge in [0.1, 0.15) is 17.2 Å². The van der Waals surface area contributed by atoms with Crippen molar-refractivity contribution in [2.45, 2.75) is 0 Å². The van der Waals surface area contributed by atoms with E-state index in [0.29, 0.717) is 11.1 Å². The highest BCUT2D eigenvalue weighted by atomic mass is 35.5. The predicted octanol–water partition coefficient (Wildman–Crippen LogP) is 1.68. The molecule has 1 aromatic carbocycles. The number of halogens is 1. The van der Waals surface area contributed by atoms with Gasteiger partial charge in [-0.1, -0.05) is 0 Å². The molecule has 0 aliphatic carbocycles. The fraction of sp³-hybridized carbons (Fsp3) is 0.0909. The molecule has 0 fully saturated rings. The molecule has 0 unspecified atom stereocenters. The minimum atomic E-state index is -0.632. The van der Waals surface area contributed by atoms with E-state index in [1.54, 1.807) is 6.07 Å². The molecule has 6 heteroatoms. The Balaban J connectivity index is 2.50. The van der Waals surface area contributed by atoms with Gasteiger partial charge in [0.15, 0.2) is 0 Å². The van der Waals surface area contributed by atoms with Crippen LogP contribution in [0.5, 0.6) is 5.75 Å². The summed E-state index contributed by atoms with van der Waals surface area (Å²) >= 11 is 5.35. The van der Waals surface area contributed by atoms with Crippen LogP contribution in [-0.4, -0.2) is 16.9 Å². The molecule has 1 aromatic heterocycles. The topological polar surface area (TPSA) is 79.5 Å². The lowest BCUT2D eigenvalue weighted by molar-refractivity contribution is -0.113. The molecule has 0 saturated heterocycles. The van der Waals surface area contributed by atoms with Gasteiger partial charge in [-0.15, -0.1) is 11.6 Å². The Hall–Kier alpha value is -2.01. The summed E-state index contributed by atoms with van der Waals surface area (Å²) in [6.45, 7) is 0. The molecule has 2 N–H and O–H groups in total. The van der Waals surface area contributed by atoms with Crippen LogP contribution in [0.3, 0.4) is 0 Å². The Labute approximate surface area is 101 Å². The van der Waals surface area contributed by atoms with Crippen LogP contribution in [-0.2, 0) is 4.79 Å². The van der Waals surface area contributed by atoms with E-state index in [4.69, 9.17) is 16.0 Å². The summed E-state index contributed by atoms with van der Waals surface area (Å²) in [7, 11) is 0. The van der Waals surface area contributed by atoms with Crippen LogP contribution in [0.4, 0.5) is 5.69 Å². The first-order valence-electron chi connectivity index (χ1n) is 4.73. The Morgan fingerprint density at radius 1 is 1.41 bits per heavy atom. The zero-order valence-corrected chi connectivity index (χ0v) is 9.32. The van der Waals surface area contributed by atoms with Crippen molar-refractivity contribution < 1.29 is 14.3 Å². The number of benzene rings is 1. The van der Waals surface area contributed by atoms with Crippen molar-refractivity contribution >= 4 is 34.2 Å². The van der Waals surface area contributed by atoms with Gasteiger partial charge in [-0.3, -0.25) is 4.79 Å². The Morgan fingerprint density at radius 3 is 2.88 bits per heavy atom. The Bertz CT molecular complexity index is 635. The lowest BCUT2D eigenvalue weighted by atomic mass is 10.2. The van der Waals surface area contributed by atoms with Crippen molar-refractivity contribution in [2.24, 2.45) is 0 Å². The lowest BCUT2D eigenvalue weighted by Crippen LogP contribution is -2.12. The van der Waals surface area contributed by atoms with Crippen LogP contribution in [0.25, 0.3) is 11.0 Å². The number of anilines is 1. The summed E-state index contributed by atoms with van der Waals surface area (Å²) in [5.41, 5.74) is 0.0821. The summed E-state index contributed by atoms with van der Waals surface area (Å²) in [4.78, 5) is 22.1. The summed E-state index contributed by atoms with van der Waals surface area (Å²) in [6, 6.07) is 5.50. The minimum Gasteiger partial charge on any atom is -0.507 e. The molecule has 17 heavy (non-hydrogen) atoms. The maximum atomic E-state index is 11.1. The summed E-state index contributed by atoms with van der Waals surface area (Å²) in [6.07, 6.45) is 0. The predicted molar refractivity (Wildman–Crippen MR) is 63.5 cm³/mol. The first-order valence-corrected chi connectivity index (χ1v) is 5.26. The highest BCUT2D eigenvalue weighted by Gasteiger charge is 2.06. The quantitative estimate of drug-likeness (QED) is 0.630. The van der Waals surface area contributed by atoms with Crippen LogP contribution in [0.1, 0.15) is 0 Å². The molecule has 0 aliphatic heterocycles. The molecule has 2 aromatic rings. The number of hydrogen-bond donors (Lipinski definition) is 2. The summed E-state index contributed by atoms with van der Waals surface area (Å²) < 4.78 is 4.87. The number of nitrogens with one attached hydrogen (secondary N) is 1. The van der Waals surface area contributed by atoms with Gasteiger partial charge in [0.2, 0.25) is 5.91 Å². The normalized spacial score (nSPS) is 10.4. The third kappa shape index (κ3) is 2.39. The van der Waals surface area contributed by atoms with E-state index in [1.807, 2.05) is 0 Å². The number of rotatable bonds is 2.